The number of carbonyl (C=O) groups excluding carboxylic acids is 1. The molecule has 29 heavy (non-hydrogen) atoms. The van der Waals surface area contributed by atoms with Gasteiger partial charge in [-0.1, -0.05) is 24.3 Å². The number of Topliss-reactive ketones (excluding diaryl/α,β-unsaturated/α-hetero) is 1. The van der Waals surface area contributed by atoms with Gasteiger partial charge in [0.15, 0.2) is 5.78 Å². The number of carbonyl (C=O) groups is 1. The second-order valence-electron chi connectivity index (χ2n) is 7.56. The summed E-state index contributed by atoms with van der Waals surface area (Å²) in [5.74, 6) is 0.667. The molecule has 1 fully saturated rings. The van der Waals surface area contributed by atoms with E-state index in [9.17, 15) is 4.79 Å². The second kappa shape index (κ2) is 6.17. The van der Waals surface area contributed by atoms with E-state index in [1.807, 2.05) is 24.3 Å². The zero-order chi connectivity index (χ0) is 19.4. The average Bonchev–Trinajstić information content (AvgIpc) is 3.44. The number of hydrogen-bond donors (Lipinski definition) is 0. The lowest BCUT2D eigenvalue weighted by atomic mass is 9.88. The van der Waals surface area contributed by atoms with Gasteiger partial charge in [-0.25, -0.2) is 4.99 Å². The normalized spacial score (nSPS) is 22.6. The molecule has 6 heteroatoms. The van der Waals surface area contributed by atoms with Crippen LogP contribution in [0.4, 0.5) is 5.88 Å². The van der Waals surface area contributed by atoms with Crippen molar-refractivity contribution in [1.29, 1.82) is 0 Å². The van der Waals surface area contributed by atoms with Gasteiger partial charge in [-0.3, -0.25) is 9.78 Å². The monoisotopic (exact) mass is 380 g/mol. The van der Waals surface area contributed by atoms with Crippen molar-refractivity contribution in [2.75, 3.05) is 0 Å². The number of aliphatic imine (C=N–C) groups is 1. The van der Waals surface area contributed by atoms with Crippen molar-refractivity contribution in [1.82, 2.24) is 15.2 Å². The lowest BCUT2D eigenvalue weighted by Crippen LogP contribution is -2.22. The maximum atomic E-state index is 13.3. The molecular formula is C23H16N4O2. The molecule has 6 rings (SSSR count). The van der Waals surface area contributed by atoms with Crippen LogP contribution in [0.15, 0.2) is 70.5 Å². The fraction of sp³-hybridized carbons (Fsp3) is 0.174. The first kappa shape index (κ1) is 16.3. The van der Waals surface area contributed by atoms with Crippen LogP contribution >= 0.6 is 0 Å². The van der Waals surface area contributed by atoms with Crippen LogP contribution in [0.1, 0.15) is 28.4 Å². The minimum absolute atomic E-state index is 0.0591. The third kappa shape index (κ3) is 2.60. The van der Waals surface area contributed by atoms with E-state index in [-0.39, 0.29) is 23.5 Å². The molecule has 1 aliphatic carbocycles. The topological polar surface area (TPSA) is 81.2 Å². The molecule has 0 radical (unpaired) electrons. The van der Waals surface area contributed by atoms with E-state index in [1.165, 1.54) is 0 Å². The molecule has 0 bridgehead atoms. The first-order valence-electron chi connectivity index (χ1n) is 9.62. The van der Waals surface area contributed by atoms with Crippen LogP contribution < -0.4 is 0 Å². The highest BCUT2D eigenvalue weighted by Gasteiger charge is 2.49. The van der Waals surface area contributed by atoms with Crippen molar-refractivity contribution in [2.45, 2.75) is 12.3 Å². The molecule has 3 aromatic heterocycles. The van der Waals surface area contributed by atoms with Crippen molar-refractivity contribution in [3.05, 3.63) is 72.4 Å². The van der Waals surface area contributed by atoms with Crippen molar-refractivity contribution in [3.8, 4) is 11.1 Å². The van der Waals surface area contributed by atoms with E-state index >= 15 is 0 Å². The Morgan fingerprint density at radius 1 is 1.03 bits per heavy atom. The van der Waals surface area contributed by atoms with Gasteiger partial charge in [-0.05, 0) is 30.5 Å². The summed E-state index contributed by atoms with van der Waals surface area (Å²) in [5, 5.41) is 8.84. The summed E-state index contributed by atoms with van der Waals surface area (Å²) >= 11 is 0. The summed E-state index contributed by atoms with van der Waals surface area (Å²) in [6.07, 6.45) is 7.49. The Kier molecular flexibility index (Phi) is 3.47. The third-order valence-electron chi connectivity index (χ3n) is 5.87. The van der Waals surface area contributed by atoms with Crippen LogP contribution in [0.3, 0.4) is 0 Å². The quantitative estimate of drug-likeness (QED) is 0.519. The SMILES string of the molecule is O=C1c2c(-c3ccnnc3)coc2N=CC1C1CC1c1ccc2ccccc2n1. The molecule has 0 amide bonds. The summed E-state index contributed by atoms with van der Waals surface area (Å²) < 4.78 is 5.54. The number of pyridine rings is 1. The molecule has 3 atom stereocenters. The lowest BCUT2D eigenvalue weighted by molar-refractivity contribution is 0.0943. The molecule has 1 saturated carbocycles. The number of fused-ring (bicyclic) bond motifs is 2. The van der Waals surface area contributed by atoms with Crippen molar-refractivity contribution in [2.24, 2.45) is 16.8 Å². The van der Waals surface area contributed by atoms with Crippen LogP contribution in [0.5, 0.6) is 0 Å². The van der Waals surface area contributed by atoms with Crippen molar-refractivity contribution < 1.29 is 9.21 Å². The Bertz CT molecular complexity index is 1280. The molecule has 140 valence electrons. The number of rotatable bonds is 3. The molecule has 1 aliphatic heterocycles. The maximum absolute atomic E-state index is 13.3. The standard InChI is InChI=1S/C23H16N4O2/c28-22-17(11-24-23-21(22)18(12-29-23)14-7-8-25-26-10-14)15-9-16(15)20-6-5-13-3-1-2-4-19(13)27-20/h1-8,10-12,15-17H,9H2. The Morgan fingerprint density at radius 3 is 2.86 bits per heavy atom. The fourth-order valence-electron chi connectivity index (χ4n) is 4.27. The Morgan fingerprint density at radius 2 is 1.97 bits per heavy atom. The first-order valence-corrected chi connectivity index (χ1v) is 9.62. The predicted molar refractivity (Wildman–Crippen MR) is 108 cm³/mol. The lowest BCUT2D eigenvalue weighted by Gasteiger charge is -2.15. The minimum Gasteiger partial charge on any atom is -0.445 e. The van der Waals surface area contributed by atoms with Crippen LogP contribution in [-0.2, 0) is 0 Å². The fourth-order valence-corrected chi connectivity index (χ4v) is 4.27. The van der Waals surface area contributed by atoms with Gasteiger partial charge in [0.25, 0.3) is 0 Å². The Hall–Kier alpha value is -3.67. The van der Waals surface area contributed by atoms with E-state index in [4.69, 9.17) is 9.40 Å². The molecule has 6 nitrogen and oxygen atoms in total. The van der Waals surface area contributed by atoms with E-state index in [0.29, 0.717) is 11.4 Å². The zero-order valence-electron chi connectivity index (χ0n) is 15.4. The smallest absolute Gasteiger partial charge is 0.229 e. The predicted octanol–water partition coefficient (Wildman–Crippen LogP) is 4.60. The van der Waals surface area contributed by atoms with Gasteiger partial charge in [0.2, 0.25) is 5.88 Å². The van der Waals surface area contributed by atoms with Crippen molar-refractivity contribution in [3.63, 3.8) is 0 Å². The molecule has 1 aromatic carbocycles. The van der Waals surface area contributed by atoms with E-state index < -0.39 is 0 Å². The molecule has 4 heterocycles. The molecule has 2 aliphatic rings. The summed E-state index contributed by atoms with van der Waals surface area (Å²) in [6, 6.07) is 14.1. The Balaban J connectivity index is 1.31. The number of benzene rings is 1. The largest absolute Gasteiger partial charge is 0.445 e. The number of ketones is 1. The van der Waals surface area contributed by atoms with Gasteiger partial charge in [0.05, 0.1) is 29.4 Å². The van der Waals surface area contributed by atoms with Gasteiger partial charge in [-0.15, -0.1) is 0 Å². The zero-order valence-corrected chi connectivity index (χ0v) is 15.4. The summed E-state index contributed by atoms with van der Waals surface area (Å²) in [4.78, 5) is 22.6. The first-order chi connectivity index (χ1) is 14.3. The van der Waals surface area contributed by atoms with Crippen LogP contribution in [-0.4, -0.2) is 27.2 Å². The van der Waals surface area contributed by atoms with Gasteiger partial charge in [0.1, 0.15) is 6.26 Å². The van der Waals surface area contributed by atoms with Crippen LogP contribution in [0, 0.1) is 11.8 Å². The summed E-state index contributed by atoms with van der Waals surface area (Å²) in [7, 11) is 0. The van der Waals surface area contributed by atoms with Crippen LogP contribution in [0.2, 0.25) is 0 Å². The third-order valence-corrected chi connectivity index (χ3v) is 5.87. The molecule has 0 saturated heterocycles. The van der Waals surface area contributed by atoms with E-state index in [2.05, 4.69) is 33.4 Å². The molecule has 4 aromatic rings. The highest BCUT2D eigenvalue weighted by Crippen LogP contribution is 2.53. The molecule has 0 spiro atoms. The number of para-hydroxylation sites is 1. The highest BCUT2D eigenvalue weighted by molar-refractivity contribution is 6.15. The number of furan rings is 1. The van der Waals surface area contributed by atoms with E-state index in [0.717, 1.165) is 34.1 Å². The van der Waals surface area contributed by atoms with Gasteiger partial charge in [-0.2, -0.15) is 10.2 Å². The highest BCUT2D eigenvalue weighted by atomic mass is 16.3. The number of aromatic nitrogens is 3. The molecular weight excluding hydrogens is 364 g/mol. The second-order valence-corrected chi connectivity index (χ2v) is 7.56. The van der Waals surface area contributed by atoms with Gasteiger partial charge >= 0.3 is 0 Å². The van der Waals surface area contributed by atoms with Crippen molar-refractivity contribution >= 4 is 28.8 Å². The number of hydrogen-bond acceptors (Lipinski definition) is 6. The summed E-state index contributed by atoms with van der Waals surface area (Å²) in [6.45, 7) is 0. The number of nitrogens with zero attached hydrogens (tertiary/aromatic N) is 4. The average molecular weight is 380 g/mol. The van der Waals surface area contributed by atoms with Crippen LogP contribution in [0.25, 0.3) is 22.0 Å². The minimum atomic E-state index is -0.257. The van der Waals surface area contributed by atoms with Gasteiger partial charge in [0, 0.05) is 34.3 Å². The molecule has 3 unspecified atom stereocenters. The van der Waals surface area contributed by atoms with E-state index in [1.54, 1.807) is 24.9 Å². The summed E-state index contributed by atoms with van der Waals surface area (Å²) in [5.41, 5.74) is 4.11. The van der Waals surface area contributed by atoms with Gasteiger partial charge < -0.3 is 4.42 Å². The Labute approximate surface area is 166 Å². The maximum Gasteiger partial charge on any atom is 0.229 e. The molecule has 0 N–H and O–H groups in total.